The van der Waals surface area contributed by atoms with E-state index in [1.54, 1.807) is 13.8 Å². The minimum Gasteiger partial charge on any atom is -0.481 e. The Morgan fingerprint density at radius 1 is 0.932 bits per heavy atom. The number of carboxylic acids is 1. The average Bonchev–Trinajstić information content (AvgIpc) is 2.97. The third kappa shape index (κ3) is 11.8. The number of amides is 2. The lowest BCUT2D eigenvalue weighted by Gasteiger charge is -2.45. The highest BCUT2D eigenvalue weighted by Gasteiger charge is 2.46. The molecule has 248 valence electrons. The number of rotatable bonds is 17. The molecule has 1 aromatic carbocycles. The Morgan fingerprint density at radius 3 is 2.20 bits per heavy atom. The van der Waals surface area contributed by atoms with Crippen molar-refractivity contribution < 1.29 is 29.0 Å². The monoisotopic (exact) mass is 614 g/mol. The molecule has 1 heterocycles. The number of ether oxygens (including phenoxy) is 2. The van der Waals surface area contributed by atoms with E-state index in [0.29, 0.717) is 6.61 Å². The van der Waals surface area contributed by atoms with Crippen LogP contribution in [0, 0.1) is 17.3 Å². The molecule has 3 rings (SSSR count). The smallest absolute Gasteiger partial charge is 0.305 e. The molecular weight excluding hydrogens is 556 g/mol. The van der Waals surface area contributed by atoms with Gasteiger partial charge in [0.1, 0.15) is 6.10 Å². The van der Waals surface area contributed by atoms with Gasteiger partial charge in [-0.25, -0.2) is 0 Å². The molecule has 1 saturated heterocycles. The van der Waals surface area contributed by atoms with Crippen LogP contribution in [0.4, 0.5) is 0 Å². The van der Waals surface area contributed by atoms with E-state index >= 15 is 0 Å². The number of carbonyl (C=O) groups is 3. The molecule has 8 heteroatoms. The number of aliphatic carboxylic acids is 1. The Bertz CT molecular complexity index is 1030. The van der Waals surface area contributed by atoms with Gasteiger partial charge in [0.25, 0.3) is 0 Å². The number of nitrogens with one attached hydrogen (secondary N) is 2. The van der Waals surface area contributed by atoms with Crippen molar-refractivity contribution in [3.8, 4) is 0 Å². The first-order valence-corrected chi connectivity index (χ1v) is 17.1. The van der Waals surface area contributed by atoms with E-state index in [4.69, 9.17) is 9.47 Å². The van der Waals surface area contributed by atoms with E-state index in [2.05, 4.69) is 29.7 Å². The molecule has 0 aromatic heterocycles. The lowest BCUT2D eigenvalue weighted by molar-refractivity contribution is -0.304. The molecule has 2 fully saturated rings. The fourth-order valence-corrected chi connectivity index (χ4v) is 6.66. The third-order valence-electron chi connectivity index (χ3n) is 9.40. The summed E-state index contributed by atoms with van der Waals surface area (Å²) in [6.45, 7) is 10.0. The molecule has 44 heavy (non-hydrogen) atoms. The molecule has 1 aliphatic heterocycles. The molecule has 8 nitrogen and oxygen atoms in total. The van der Waals surface area contributed by atoms with E-state index in [9.17, 15) is 19.5 Å². The van der Waals surface area contributed by atoms with Gasteiger partial charge in [-0.2, -0.15) is 0 Å². The van der Waals surface area contributed by atoms with Gasteiger partial charge < -0.3 is 25.2 Å². The van der Waals surface area contributed by atoms with Crippen molar-refractivity contribution in [1.29, 1.82) is 0 Å². The Morgan fingerprint density at radius 2 is 1.57 bits per heavy atom. The van der Waals surface area contributed by atoms with Crippen LogP contribution in [-0.2, 0) is 30.3 Å². The number of hydrogen-bond acceptors (Lipinski definition) is 5. The molecule has 1 aliphatic carbocycles. The van der Waals surface area contributed by atoms with Crippen molar-refractivity contribution >= 4 is 17.8 Å². The highest BCUT2D eigenvalue weighted by molar-refractivity contribution is 5.83. The highest BCUT2D eigenvalue weighted by atomic mass is 16.7. The summed E-state index contributed by atoms with van der Waals surface area (Å²) in [6.07, 6.45) is 12.3. The predicted octanol–water partition coefficient (Wildman–Crippen LogP) is 6.80. The maximum Gasteiger partial charge on any atom is 0.305 e. The number of carboxylic acid groups (broad SMARTS) is 1. The molecule has 3 atom stereocenters. The summed E-state index contributed by atoms with van der Waals surface area (Å²) in [5.74, 6) is -2.03. The van der Waals surface area contributed by atoms with E-state index in [1.165, 1.54) is 37.7 Å². The number of carbonyl (C=O) groups excluding carboxylic acids is 2. The Labute approximate surface area is 265 Å². The van der Waals surface area contributed by atoms with Crippen LogP contribution in [0.2, 0.25) is 0 Å². The van der Waals surface area contributed by atoms with E-state index in [-0.39, 0.29) is 36.1 Å². The van der Waals surface area contributed by atoms with Crippen LogP contribution in [0.1, 0.15) is 124 Å². The van der Waals surface area contributed by atoms with E-state index in [0.717, 1.165) is 51.4 Å². The molecule has 3 N–H and O–H groups in total. The summed E-state index contributed by atoms with van der Waals surface area (Å²) < 4.78 is 11.8. The van der Waals surface area contributed by atoms with Crippen molar-refractivity contribution in [3.63, 3.8) is 0 Å². The predicted molar refractivity (Wildman–Crippen MR) is 173 cm³/mol. The highest BCUT2D eigenvalue weighted by Crippen LogP contribution is 2.36. The van der Waals surface area contributed by atoms with Crippen LogP contribution in [0.3, 0.4) is 0 Å². The van der Waals surface area contributed by atoms with Crippen molar-refractivity contribution in [3.05, 3.63) is 35.9 Å². The van der Waals surface area contributed by atoms with Gasteiger partial charge >= 0.3 is 5.97 Å². The summed E-state index contributed by atoms with van der Waals surface area (Å²) in [5.41, 5.74) is 0.646. The summed E-state index contributed by atoms with van der Waals surface area (Å²) in [7, 11) is 0. The van der Waals surface area contributed by atoms with Crippen molar-refractivity contribution in [2.45, 2.75) is 148 Å². The summed E-state index contributed by atoms with van der Waals surface area (Å²) in [4.78, 5) is 38.7. The normalized spacial score (nSPS) is 24.2. The second kappa shape index (κ2) is 17.3. The van der Waals surface area contributed by atoms with Gasteiger partial charge in [0.2, 0.25) is 11.8 Å². The molecule has 1 aromatic rings. The zero-order chi connectivity index (χ0) is 32.2. The molecule has 0 spiro atoms. The second-order valence-electron chi connectivity index (χ2n) is 14.3. The fraction of sp³-hybridized carbons (Fsp3) is 0.750. The minimum absolute atomic E-state index is 0.0204. The summed E-state index contributed by atoms with van der Waals surface area (Å²) in [6, 6.07) is 9.83. The molecule has 1 saturated carbocycles. The van der Waals surface area contributed by atoms with E-state index < -0.39 is 29.3 Å². The molecule has 3 unspecified atom stereocenters. The number of hydrogen-bond donors (Lipinski definition) is 3. The van der Waals surface area contributed by atoms with Crippen LogP contribution in [0.15, 0.2) is 30.3 Å². The van der Waals surface area contributed by atoms with Gasteiger partial charge in [-0.3, -0.25) is 14.4 Å². The van der Waals surface area contributed by atoms with Gasteiger partial charge in [0, 0.05) is 23.4 Å². The summed E-state index contributed by atoms with van der Waals surface area (Å²) in [5, 5.41) is 16.0. The van der Waals surface area contributed by atoms with Crippen LogP contribution < -0.4 is 10.6 Å². The largest absolute Gasteiger partial charge is 0.481 e. The Kier molecular flexibility index (Phi) is 14.2. The van der Waals surface area contributed by atoms with Crippen molar-refractivity contribution in [2.24, 2.45) is 17.3 Å². The topological polar surface area (TPSA) is 114 Å². The zero-order valence-electron chi connectivity index (χ0n) is 27.9. The first kappa shape index (κ1) is 36.0. The van der Waals surface area contributed by atoms with Gasteiger partial charge in [-0.15, -0.1) is 0 Å². The standard InChI is InChI=1S/C36H58N2O6/c1-6-7-8-9-10-11-15-18-28(23-26-16-13-12-14-17-26)33(41)37-29-21-19-27(20-22-29)30(24-31(39)40)38-34(42)32-35(2,3)25-43-36(4,5)44-32/h12-14,16-17,27-30,32H,6-11,15,18-25H2,1-5H3,(H,37,41)(H,38,42)(H,39,40). The molecule has 2 aliphatic rings. The Balaban J connectivity index is 1.55. The molecule has 0 radical (unpaired) electrons. The molecule has 0 bridgehead atoms. The first-order valence-electron chi connectivity index (χ1n) is 17.1. The average molecular weight is 615 g/mol. The van der Waals surface area contributed by atoms with Crippen LogP contribution in [0.25, 0.3) is 0 Å². The minimum atomic E-state index is -0.938. The second-order valence-corrected chi connectivity index (χ2v) is 14.3. The van der Waals surface area contributed by atoms with Gasteiger partial charge in [-0.05, 0) is 63.9 Å². The van der Waals surface area contributed by atoms with Crippen molar-refractivity contribution in [2.75, 3.05) is 6.61 Å². The lowest BCUT2D eigenvalue weighted by atomic mass is 9.79. The number of unbranched alkanes of at least 4 members (excludes halogenated alkanes) is 6. The van der Waals surface area contributed by atoms with Crippen LogP contribution in [0.5, 0.6) is 0 Å². The van der Waals surface area contributed by atoms with Gasteiger partial charge in [-0.1, -0.05) is 96.0 Å². The SMILES string of the molecule is CCCCCCCCCC(Cc1ccccc1)C(=O)NC1CCC(C(CC(=O)O)NC(=O)C2OC(C)(C)OCC2(C)C)CC1. The third-order valence-corrected chi connectivity index (χ3v) is 9.40. The van der Waals surface area contributed by atoms with Gasteiger partial charge in [0.05, 0.1) is 13.0 Å². The lowest BCUT2D eigenvalue weighted by Crippen LogP contribution is -2.58. The Hall–Kier alpha value is -2.45. The quantitative estimate of drug-likeness (QED) is 0.166. The zero-order valence-corrected chi connectivity index (χ0v) is 27.9. The van der Waals surface area contributed by atoms with Crippen molar-refractivity contribution in [1.82, 2.24) is 10.6 Å². The number of benzene rings is 1. The van der Waals surface area contributed by atoms with Crippen LogP contribution >= 0.6 is 0 Å². The fourth-order valence-electron chi connectivity index (χ4n) is 6.66. The van der Waals surface area contributed by atoms with Gasteiger partial charge in [0.15, 0.2) is 5.79 Å². The van der Waals surface area contributed by atoms with E-state index in [1.807, 2.05) is 32.0 Å². The maximum atomic E-state index is 13.5. The van der Waals surface area contributed by atoms with Crippen LogP contribution in [-0.4, -0.2) is 53.5 Å². The first-order chi connectivity index (χ1) is 20.9. The molecular formula is C36H58N2O6. The maximum absolute atomic E-state index is 13.5. The molecule has 2 amide bonds. The summed E-state index contributed by atoms with van der Waals surface area (Å²) >= 11 is 0.